The molecule has 0 aliphatic heterocycles. The Morgan fingerprint density at radius 1 is 1.26 bits per heavy atom. The summed E-state index contributed by atoms with van der Waals surface area (Å²) in [4.78, 5) is 4.03. The summed E-state index contributed by atoms with van der Waals surface area (Å²) >= 11 is 0. The van der Waals surface area contributed by atoms with Crippen molar-refractivity contribution in [1.82, 2.24) is 5.32 Å². The van der Waals surface area contributed by atoms with Crippen LogP contribution in [0.4, 0.5) is 13.2 Å². The zero-order valence-corrected chi connectivity index (χ0v) is 12.8. The van der Waals surface area contributed by atoms with Crippen LogP contribution in [-0.4, -0.2) is 12.5 Å². The van der Waals surface area contributed by atoms with E-state index in [4.69, 9.17) is 5.73 Å². The summed E-state index contributed by atoms with van der Waals surface area (Å²) in [6, 6.07) is 4.89. The fraction of sp³-hybridized carbons (Fsp3) is 0.417. The van der Waals surface area contributed by atoms with Gasteiger partial charge in [-0.1, -0.05) is 19.1 Å². The summed E-state index contributed by atoms with van der Waals surface area (Å²) in [5, 5.41) is 2.89. The van der Waals surface area contributed by atoms with E-state index in [1.54, 1.807) is 0 Å². The fourth-order valence-corrected chi connectivity index (χ4v) is 1.28. The van der Waals surface area contributed by atoms with Crippen molar-refractivity contribution in [2.75, 3.05) is 6.54 Å². The van der Waals surface area contributed by atoms with E-state index < -0.39 is 11.7 Å². The molecule has 0 bridgehead atoms. The van der Waals surface area contributed by atoms with Gasteiger partial charge in [0, 0.05) is 6.54 Å². The van der Waals surface area contributed by atoms with Crippen molar-refractivity contribution < 1.29 is 13.2 Å². The number of alkyl halides is 3. The Kier molecular flexibility index (Phi) is 7.81. The maximum atomic E-state index is 12.3. The predicted molar refractivity (Wildman–Crippen MR) is 80.5 cm³/mol. The smallest absolute Gasteiger partial charge is 0.370 e. The molecule has 0 saturated heterocycles. The van der Waals surface area contributed by atoms with Gasteiger partial charge in [0.05, 0.1) is 12.1 Å². The minimum atomic E-state index is -4.30. The Bertz CT molecular complexity index is 402. The fourth-order valence-electron chi connectivity index (χ4n) is 1.28. The summed E-state index contributed by atoms with van der Waals surface area (Å²) in [7, 11) is 0. The second-order valence-electron chi connectivity index (χ2n) is 3.82. The highest BCUT2D eigenvalue weighted by Gasteiger charge is 2.29. The van der Waals surface area contributed by atoms with E-state index in [9.17, 15) is 13.2 Å². The van der Waals surface area contributed by atoms with E-state index in [-0.39, 0.29) is 30.5 Å². The van der Waals surface area contributed by atoms with Crippen LogP contribution in [-0.2, 0) is 12.7 Å². The van der Waals surface area contributed by atoms with Crippen molar-refractivity contribution in [2.45, 2.75) is 26.1 Å². The first-order chi connectivity index (χ1) is 8.43. The van der Waals surface area contributed by atoms with Gasteiger partial charge in [0.2, 0.25) is 0 Å². The van der Waals surface area contributed by atoms with Gasteiger partial charge in [-0.05, 0) is 24.1 Å². The van der Waals surface area contributed by atoms with Gasteiger partial charge in [0.1, 0.15) is 0 Å². The average Bonchev–Trinajstić information content (AvgIpc) is 2.33. The lowest BCUT2D eigenvalue weighted by Crippen LogP contribution is -2.32. The number of hydrogen-bond acceptors (Lipinski definition) is 1. The molecular weight excluding hydrogens is 370 g/mol. The third-order valence-corrected chi connectivity index (χ3v) is 2.27. The molecule has 0 saturated carbocycles. The van der Waals surface area contributed by atoms with Gasteiger partial charge in [0.25, 0.3) is 0 Å². The second-order valence-corrected chi connectivity index (χ2v) is 3.82. The van der Waals surface area contributed by atoms with E-state index in [1.807, 2.05) is 6.92 Å². The van der Waals surface area contributed by atoms with Crippen molar-refractivity contribution in [1.29, 1.82) is 0 Å². The zero-order valence-electron chi connectivity index (χ0n) is 10.5. The van der Waals surface area contributed by atoms with E-state index >= 15 is 0 Å². The molecule has 1 aromatic carbocycles. The topological polar surface area (TPSA) is 50.4 Å². The highest BCUT2D eigenvalue weighted by molar-refractivity contribution is 14.0. The molecular formula is C12H17F3IN3. The maximum Gasteiger partial charge on any atom is 0.416 e. The van der Waals surface area contributed by atoms with Crippen LogP contribution >= 0.6 is 24.0 Å². The Labute approximate surface area is 127 Å². The molecule has 3 nitrogen and oxygen atoms in total. The first-order valence-electron chi connectivity index (χ1n) is 5.63. The maximum absolute atomic E-state index is 12.3. The third kappa shape index (κ3) is 6.65. The number of nitrogens with one attached hydrogen (secondary N) is 1. The second kappa shape index (κ2) is 8.23. The minimum Gasteiger partial charge on any atom is -0.370 e. The van der Waals surface area contributed by atoms with Gasteiger partial charge in [0.15, 0.2) is 5.96 Å². The molecule has 0 heterocycles. The molecule has 0 atom stereocenters. The van der Waals surface area contributed by atoms with Crippen molar-refractivity contribution in [3.8, 4) is 0 Å². The van der Waals surface area contributed by atoms with E-state index in [2.05, 4.69) is 10.3 Å². The van der Waals surface area contributed by atoms with Crippen LogP contribution in [0.15, 0.2) is 29.3 Å². The van der Waals surface area contributed by atoms with Gasteiger partial charge in [-0.25, -0.2) is 4.99 Å². The van der Waals surface area contributed by atoms with Crippen LogP contribution in [0.3, 0.4) is 0 Å². The largest absolute Gasteiger partial charge is 0.416 e. The molecule has 0 unspecified atom stereocenters. The molecule has 108 valence electrons. The van der Waals surface area contributed by atoms with E-state index in [1.165, 1.54) is 12.1 Å². The number of aliphatic imine (C=N–C) groups is 1. The normalized spacial score (nSPS) is 11.9. The monoisotopic (exact) mass is 387 g/mol. The van der Waals surface area contributed by atoms with Crippen LogP contribution in [0.2, 0.25) is 0 Å². The summed E-state index contributed by atoms with van der Waals surface area (Å²) in [6.45, 7) is 2.99. The molecule has 0 spiro atoms. The molecule has 1 aromatic rings. The van der Waals surface area contributed by atoms with Gasteiger partial charge >= 0.3 is 6.18 Å². The Hall–Kier alpha value is -0.990. The molecule has 0 amide bonds. The molecule has 19 heavy (non-hydrogen) atoms. The third-order valence-electron chi connectivity index (χ3n) is 2.27. The van der Waals surface area contributed by atoms with Gasteiger partial charge in [-0.15, -0.1) is 24.0 Å². The quantitative estimate of drug-likeness (QED) is 0.474. The highest BCUT2D eigenvalue weighted by atomic mass is 127. The van der Waals surface area contributed by atoms with Crippen LogP contribution in [0, 0.1) is 0 Å². The molecule has 1 rings (SSSR count). The number of hydrogen-bond donors (Lipinski definition) is 2. The molecule has 0 aliphatic rings. The van der Waals surface area contributed by atoms with E-state index in [0.29, 0.717) is 11.5 Å². The number of guanidine groups is 1. The van der Waals surface area contributed by atoms with Crippen LogP contribution in [0.1, 0.15) is 24.5 Å². The lowest BCUT2D eigenvalue weighted by atomic mass is 10.1. The van der Waals surface area contributed by atoms with Crippen LogP contribution in [0.5, 0.6) is 0 Å². The minimum absolute atomic E-state index is 0. The molecule has 7 heteroatoms. The number of halogens is 4. The molecule has 0 radical (unpaired) electrons. The lowest BCUT2D eigenvalue weighted by Gasteiger charge is -2.07. The van der Waals surface area contributed by atoms with E-state index in [0.717, 1.165) is 25.1 Å². The molecule has 0 aromatic heterocycles. The summed E-state index contributed by atoms with van der Waals surface area (Å²) in [5.74, 6) is 0.303. The summed E-state index contributed by atoms with van der Waals surface area (Å²) in [6.07, 6.45) is -3.37. The van der Waals surface area contributed by atoms with Crippen LogP contribution < -0.4 is 11.1 Å². The zero-order chi connectivity index (χ0) is 13.6. The number of rotatable bonds is 4. The number of nitrogens with two attached hydrogens (primary N) is 1. The summed E-state index contributed by atoms with van der Waals surface area (Å²) in [5.41, 5.74) is 5.59. The molecule has 3 N–H and O–H groups in total. The van der Waals surface area contributed by atoms with Crippen molar-refractivity contribution in [2.24, 2.45) is 10.7 Å². The SMILES string of the molecule is CCCNC(N)=NCc1ccc(C(F)(F)F)cc1.I. The summed E-state index contributed by atoms with van der Waals surface area (Å²) < 4.78 is 36.9. The number of nitrogens with zero attached hydrogens (tertiary/aromatic N) is 1. The van der Waals surface area contributed by atoms with Gasteiger partial charge in [-0.2, -0.15) is 13.2 Å². The van der Waals surface area contributed by atoms with Crippen molar-refractivity contribution >= 4 is 29.9 Å². The average molecular weight is 387 g/mol. The van der Waals surface area contributed by atoms with Gasteiger partial charge < -0.3 is 11.1 Å². The lowest BCUT2D eigenvalue weighted by molar-refractivity contribution is -0.137. The molecule has 0 aliphatic carbocycles. The highest BCUT2D eigenvalue weighted by Crippen LogP contribution is 2.29. The first-order valence-corrected chi connectivity index (χ1v) is 5.63. The molecule has 0 fully saturated rings. The van der Waals surface area contributed by atoms with Crippen molar-refractivity contribution in [3.63, 3.8) is 0 Å². The standard InChI is InChI=1S/C12H16F3N3.HI/c1-2-7-17-11(16)18-8-9-3-5-10(6-4-9)12(13,14)15;/h3-6H,2,7-8H2,1H3,(H3,16,17,18);1H. The van der Waals surface area contributed by atoms with Gasteiger partial charge in [-0.3, -0.25) is 0 Å². The Balaban J connectivity index is 0.00000324. The predicted octanol–water partition coefficient (Wildman–Crippen LogP) is 3.14. The Morgan fingerprint density at radius 2 is 1.84 bits per heavy atom. The Morgan fingerprint density at radius 3 is 2.32 bits per heavy atom. The van der Waals surface area contributed by atoms with Crippen molar-refractivity contribution in [3.05, 3.63) is 35.4 Å². The first kappa shape index (κ1) is 18.0. The van der Waals surface area contributed by atoms with Crippen LogP contribution in [0.25, 0.3) is 0 Å². The number of benzene rings is 1.